The van der Waals surface area contributed by atoms with Crippen molar-refractivity contribution in [3.63, 3.8) is 0 Å². The van der Waals surface area contributed by atoms with Gasteiger partial charge in [-0.3, -0.25) is 4.79 Å². The molecule has 3 N–H and O–H groups in total. The van der Waals surface area contributed by atoms with Gasteiger partial charge in [-0.15, -0.1) is 0 Å². The Hall–Kier alpha value is -2.22. The number of piperidine rings is 1. The fraction of sp³-hybridized carbons (Fsp3) is 0.560. The normalized spacial score (nSPS) is 24.8. The minimum Gasteiger partial charge on any atom is -0.376 e. The Bertz CT molecular complexity index is 975. The maximum absolute atomic E-state index is 12.7. The van der Waals surface area contributed by atoms with Crippen LogP contribution in [-0.4, -0.2) is 47.2 Å². The molecular weight excluding hydrogens is 438 g/mol. The number of aromatic nitrogens is 2. The first-order valence-electron chi connectivity index (χ1n) is 11.8. The molecule has 2 aromatic heterocycles. The number of nitrogens with one attached hydrogen (secondary N) is 3. The van der Waals surface area contributed by atoms with Gasteiger partial charge in [-0.1, -0.05) is 17.7 Å². The Labute approximate surface area is 201 Å². The number of pyridine rings is 2. The van der Waals surface area contributed by atoms with Crippen LogP contribution in [0.5, 0.6) is 0 Å². The zero-order valence-electron chi connectivity index (χ0n) is 19.7. The van der Waals surface area contributed by atoms with Crippen LogP contribution >= 0.6 is 11.6 Å². The monoisotopic (exact) mass is 471 g/mol. The molecule has 2 aliphatic heterocycles. The van der Waals surface area contributed by atoms with E-state index >= 15 is 0 Å². The summed E-state index contributed by atoms with van der Waals surface area (Å²) in [5.41, 5.74) is 1.41. The first kappa shape index (κ1) is 23.9. The van der Waals surface area contributed by atoms with Gasteiger partial charge in [-0.25, -0.2) is 9.97 Å². The summed E-state index contributed by atoms with van der Waals surface area (Å²) in [6, 6.07) is 8.10. The molecule has 4 rings (SSSR count). The van der Waals surface area contributed by atoms with Gasteiger partial charge in [0.05, 0.1) is 22.2 Å². The van der Waals surface area contributed by atoms with E-state index in [4.69, 9.17) is 21.3 Å². The van der Waals surface area contributed by atoms with Crippen molar-refractivity contribution < 1.29 is 9.53 Å². The Balaban J connectivity index is 1.42. The summed E-state index contributed by atoms with van der Waals surface area (Å²) in [4.78, 5) is 21.8. The predicted molar refractivity (Wildman–Crippen MR) is 133 cm³/mol. The lowest BCUT2D eigenvalue weighted by molar-refractivity contribution is -0.120. The topological polar surface area (TPSA) is 88.2 Å². The van der Waals surface area contributed by atoms with Crippen LogP contribution in [-0.2, 0) is 9.53 Å². The van der Waals surface area contributed by atoms with Crippen LogP contribution in [0.4, 0.5) is 11.6 Å². The van der Waals surface area contributed by atoms with Crippen molar-refractivity contribution in [1.82, 2.24) is 15.3 Å². The Kier molecular flexibility index (Phi) is 7.51. The number of hydrogen-bond acceptors (Lipinski definition) is 6. The number of carbonyl (C=O) groups excluding carboxylic acids is 1. The molecule has 0 aromatic carbocycles. The van der Waals surface area contributed by atoms with Gasteiger partial charge >= 0.3 is 0 Å². The van der Waals surface area contributed by atoms with Crippen LogP contribution in [0.3, 0.4) is 0 Å². The van der Waals surface area contributed by atoms with E-state index in [1.165, 1.54) is 0 Å². The van der Waals surface area contributed by atoms with Gasteiger partial charge < -0.3 is 20.7 Å². The number of rotatable bonds is 6. The first-order chi connectivity index (χ1) is 15.8. The molecule has 2 aromatic rings. The van der Waals surface area contributed by atoms with Gasteiger partial charge in [0.25, 0.3) is 0 Å². The lowest BCUT2D eigenvalue weighted by Gasteiger charge is -2.35. The van der Waals surface area contributed by atoms with E-state index in [-0.39, 0.29) is 17.4 Å². The highest BCUT2D eigenvalue weighted by Crippen LogP contribution is 2.31. The third kappa shape index (κ3) is 6.43. The molecule has 0 saturated carbocycles. The predicted octanol–water partition coefficient (Wildman–Crippen LogP) is 4.74. The van der Waals surface area contributed by atoms with Gasteiger partial charge in [0, 0.05) is 37.5 Å². The standard InChI is InChI=1S/C25H34ClN5O2/c1-16-7-8-18(14-27-16)24(32)31-23-11-19(20(26)15-29-23)21-5-4-6-22(30-21)28-13-17-9-10-33-25(2,3)12-17/h4-6,11,15-18,27H,7-10,12-14H2,1-3H3,(H,28,30)(H,29,31,32)/t16-,17-,18-/m0/s1. The smallest absolute Gasteiger partial charge is 0.229 e. The molecule has 0 radical (unpaired) electrons. The Morgan fingerprint density at radius 3 is 2.88 bits per heavy atom. The second-order valence-corrected chi connectivity index (χ2v) is 10.3. The highest BCUT2D eigenvalue weighted by Gasteiger charge is 2.28. The van der Waals surface area contributed by atoms with E-state index in [1.54, 1.807) is 12.3 Å². The molecule has 2 fully saturated rings. The van der Waals surface area contributed by atoms with Crippen molar-refractivity contribution in [2.24, 2.45) is 11.8 Å². The van der Waals surface area contributed by atoms with Gasteiger partial charge in [-0.05, 0) is 70.6 Å². The highest BCUT2D eigenvalue weighted by atomic mass is 35.5. The molecule has 1 amide bonds. The maximum Gasteiger partial charge on any atom is 0.229 e. The quantitative estimate of drug-likeness (QED) is 0.564. The third-order valence-electron chi connectivity index (χ3n) is 6.53. The summed E-state index contributed by atoms with van der Waals surface area (Å²) in [7, 11) is 0. The van der Waals surface area contributed by atoms with E-state index in [1.807, 2.05) is 18.2 Å². The molecule has 0 spiro atoms. The van der Waals surface area contributed by atoms with Gasteiger partial charge in [0.2, 0.25) is 5.91 Å². The molecule has 0 unspecified atom stereocenters. The molecule has 0 bridgehead atoms. The molecule has 3 atom stereocenters. The van der Waals surface area contributed by atoms with E-state index in [9.17, 15) is 4.79 Å². The maximum atomic E-state index is 12.7. The molecule has 2 aliphatic rings. The lowest BCUT2D eigenvalue weighted by Crippen LogP contribution is -2.41. The highest BCUT2D eigenvalue weighted by molar-refractivity contribution is 6.33. The van der Waals surface area contributed by atoms with Crippen LogP contribution in [0.25, 0.3) is 11.3 Å². The second kappa shape index (κ2) is 10.4. The summed E-state index contributed by atoms with van der Waals surface area (Å²) in [6.07, 6.45) is 5.51. The molecule has 2 saturated heterocycles. The number of anilines is 2. The van der Waals surface area contributed by atoms with Crippen LogP contribution in [0.1, 0.15) is 46.5 Å². The summed E-state index contributed by atoms with van der Waals surface area (Å²) >= 11 is 6.46. The van der Waals surface area contributed by atoms with E-state index in [0.717, 1.165) is 55.9 Å². The molecule has 33 heavy (non-hydrogen) atoms. The minimum absolute atomic E-state index is 0.0158. The van der Waals surface area contributed by atoms with Crippen LogP contribution in [0.2, 0.25) is 5.02 Å². The molecular formula is C25H34ClN5O2. The van der Waals surface area contributed by atoms with Gasteiger partial charge in [-0.2, -0.15) is 0 Å². The molecule has 178 valence electrons. The largest absolute Gasteiger partial charge is 0.376 e. The van der Waals surface area contributed by atoms with Crippen molar-refractivity contribution in [1.29, 1.82) is 0 Å². The molecule has 7 nitrogen and oxygen atoms in total. The van der Waals surface area contributed by atoms with Gasteiger partial charge in [0.1, 0.15) is 11.6 Å². The zero-order valence-corrected chi connectivity index (χ0v) is 20.4. The summed E-state index contributed by atoms with van der Waals surface area (Å²) in [5, 5.41) is 10.3. The Morgan fingerprint density at radius 2 is 2.12 bits per heavy atom. The summed E-state index contributed by atoms with van der Waals surface area (Å²) in [6.45, 7) is 8.76. The average molecular weight is 472 g/mol. The van der Waals surface area contributed by atoms with Crippen molar-refractivity contribution >= 4 is 29.1 Å². The van der Waals surface area contributed by atoms with Crippen molar-refractivity contribution in [3.8, 4) is 11.3 Å². The third-order valence-corrected chi connectivity index (χ3v) is 6.84. The summed E-state index contributed by atoms with van der Waals surface area (Å²) < 4.78 is 5.82. The molecule has 4 heterocycles. The van der Waals surface area contributed by atoms with E-state index < -0.39 is 0 Å². The fourth-order valence-corrected chi connectivity index (χ4v) is 4.82. The number of amides is 1. The van der Waals surface area contributed by atoms with Crippen LogP contribution < -0.4 is 16.0 Å². The fourth-order valence-electron chi connectivity index (χ4n) is 4.62. The van der Waals surface area contributed by atoms with E-state index in [2.05, 4.69) is 41.7 Å². The zero-order chi connectivity index (χ0) is 23.4. The Morgan fingerprint density at radius 1 is 1.27 bits per heavy atom. The number of carbonyl (C=O) groups is 1. The number of nitrogens with zero attached hydrogens (tertiary/aromatic N) is 2. The SMILES string of the molecule is C[C@H]1CC[C@H](C(=O)Nc2cc(-c3cccc(NC[C@H]4CCOC(C)(C)C4)n3)c(Cl)cn2)CN1. The minimum atomic E-state index is -0.0722. The first-order valence-corrected chi connectivity index (χ1v) is 12.2. The van der Waals surface area contributed by atoms with Crippen molar-refractivity contribution in [2.75, 3.05) is 30.3 Å². The van der Waals surface area contributed by atoms with Crippen LogP contribution in [0, 0.1) is 11.8 Å². The molecule has 0 aliphatic carbocycles. The van der Waals surface area contributed by atoms with Crippen LogP contribution in [0.15, 0.2) is 30.5 Å². The lowest BCUT2D eigenvalue weighted by atomic mass is 9.88. The van der Waals surface area contributed by atoms with E-state index in [0.29, 0.717) is 29.3 Å². The number of ether oxygens (including phenoxy) is 1. The second-order valence-electron chi connectivity index (χ2n) is 9.88. The number of halogens is 1. The molecule has 8 heteroatoms. The summed E-state index contributed by atoms with van der Waals surface area (Å²) in [5.74, 6) is 1.77. The van der Waals surface area contributed by atoms with Crippen molar-refractivity contribution in [3.05, 3.63) is 35.5 Å². The number of hydrogen-bond donors (Lipinski definition) is 3. The average Bonchev–Trinajstić information content (AvgIpc) is 2.79. The van der Waals surface area contributed by atoms with Crippen molar-refractivity contribution in [2.45, 2.75) is 58.1 Å². The van der Waals surface area contributed by atoms with Gasteiger partial charge in [0.15, 0.2) is 0 Å².